The van der Waals surface area contributed by atoms with E-state index in [2.05, 4.69) is 5.32 Å². The van der Waals surface area contributed by atoms with Crippen molar-refractivity contribution in [3.05, 3.63) is 53.1 Å². The molecule has 0 saturated heterocycles. The Hall–Kier alpha value is -1.76. The Morgan fingerprint density at radius 2 is 1.95 bits per heavy atom. The third kappa shape index (κ3) is 3.63. The highest BCUT2D eigenvalue weighted by atomic mass is 35.5. The maximum Gasteiger partial charge on any atom is 0.238 e. The number of phenols is 1. The fourth-order valence-electron chi connectivity index (χ4n) is 1.65. The van der Waals surface area contributed by atoms with E-state index in [1.165, 1.54) is 18.2 Å². The number of phenolic OH excluding ortho intramolecular Hbond substituents is 1. The lowest BCUT2D eigenvalue weighted by Gasteiger charge is -2.08. The van der Waals surface area contributed by atoms with E-state index in [1.807, 2.05) is 0 Å². The first-order chi connectivity index (χ1) is 9.36. The first-order valence-corrected chi connectivity index (χ1v) is 7.63. The minimum Gasteiger partial charge on any atom is -0.506 e. The number of halogens is 1. The van der Waals surface area contributed by atoms with Gasteiger partial charge < -0.3 is 10.4 Å². The van der Waals surface area contributed by atoms with Gasteiger partial charge in [0, 0.05) is 12.2 Å². The van der Waals surface area contributed by atoms with E-state index in [0.29, 0.717) is 12.2 Å². The highest BCUT2D eigenvalue weighted by molar-refractivity contribution is 7.89. The lowest BCUT2D eigenvalue weighted by atomic mass is 10.2. The maximum absolute atomic E-state index is 11.2. The van der Waals surface area contributed by atoms with Crippen LogP contribution in [-0.2, 0) is 16.6 Å². The Kier molecular flexibility index (Phi) is 4.17. The van der Waals surface area contributed by atoms with Gasteiger partial charge in [0.1, 0.15) is 5.75 Å². The second kappa shape index (κ2) is 5.70. The van der Waals surface area contributed by atoms with Crippen LogP contribution in [0, 0.1) is 0 Å². The Morgan fingerprint density at radius 3 is 2.60 bits per heavy atom. The molecule has 0 unspecified atom stereocenters. The summed E-state index contributed by atoms with van der Waals surface area (Å²) >= 11 is 5.81. The molecular formula is C13H13ClN2O3S. The van der Waals surface area contributed by atoms with Gasteiger partial charge in [0.05, 0.1) is 9.92 Å². The molecule has 0 amide bonds. The summed E-state index contributed by atoms with van der Waals surface area (Å²) in [6.07, 6.45) is 0. The third-order valence-electron chi connectivity index (χ3n) is 2.67. The standard InChI is InChI=1S/C13H13ClN2O3S/c14-12-6-9(4-5-13(12)17)8-16-10-2-1-3-11(7-10)20(15,18)19/h1-7,16-17H,8H2,(H2,15,18,19). The average Bonchev–Trinajstić information content (AvgIpc) is 2.39. The van der Waals surface area contributed by atoms with E-state index in [0.717, 1.165) is 5.56 Å². The van der Waals surface area contributed by atoms with E-state index >= 15 is 0 Å². The van der Waals surface area contributed by atoms with E-state index in [9.17, 15) is 13.5 Å². The lowest BCUT2D eigenvalue weighted by Crippen LogP contribution is -2.12. The number of aromatic hydroxyl groups is 1. The van der Waals surface area contributed by atoms with Crippen LogP contribution < -0.4 is 10.5 Å². The van der Waals surface area contributed by atoms with Gasteiger partial charge >= 0.3 is 0 Å². The van der Waals surface area contributed by atoms with Crippen LogP contribution >= 0.6 is 11.6 Å². The maximum atomic E-state index is 11.2. The average molecular weight is 313 g/mol. The van der Waals surface area contributed by atoms with Crippen molar-refractivity contribution in [3.63, 3.8) is 0 Å². The quantitative estimate of drug-likeness (QED) is 0.807. The van der Waals surface area contributed by atoms with Crippen LogP contribution in [0.1, 0.15) is 5.56 Å². The molecular weight excluding hydrogens is 300 g/mol. The van der Waals surface area contributed by atoms with Crippen molar-refractivity contribution >= 4 is 27.3 Å². The number of rotatable bonds is 4. The molecule has 7 heteroatoms. The zero-order chi connectivity index (χ0) is 14.8. The Balaban J connectivity index is 2.13. The normalized spacial score (nSPS) is 11.3. The summed E-state index contributed by atoms with van der Waals surface area (Å²) in [4.78, 5) is 0.0474. The summed E-state index contributed by atoms with van der Waals surface area (Å²) < 4.78 is 22.5. The van der Waals surface area contributed by atoms with Crippen LogP contribution in [0.15, 0.2) is 47.4 Å². The van der Waals surface area contributed by atoms with Gasteiger partial charge in [0.2, 0.25) is 10.0 Å². The predicted octanol–water partition coefficient (Wildman–Crippen LogP) is 2.31. The zero-order valence-electron chi connectivity index (χ0n) is 10.4. The SMILES string of the molecule is NS(=O)(=O)c1cccc(NCc2ccc(O)c(Cl)c2)c1. The molecule has 0 fully saturated rings. The van der Waals surface area contributed by atoms with Gasteiger partial charge in [-0.25, -0.2) is 13.6 Å². The summed E-state index contributed by atoms with van der Waals surface area (Å²) in [6, 6.07) is 11.1. The number of benzene rings is 2. The second-order valence-electron chi connectivity index (χ2n) is 4.21. The van der Waals surface area contributed by atoms with Gasteiger partial charge in [0.25, 0.3) is 0 Å². The minimum absolute atomic E-state index is 0.0200. The molecule has 0 aliphatic carbocycles. The molecule has 0 saturated carbocycles. The van der Waals surface area contributed by atoms with Crippen molar-refractivity contribution in [3.8, 4) is 5.75 Å². The Morgan fingerprint density at radius 1 is 1.20 bits per heavy atom. The van der Waals surface area contributed by atoms with Gasteiger partial charge in [-0.05, 0) is 35.9 Å². The summed E-state index contributed by atoms with van der Waals surface area (Å²) in [5.74, 6) is 0.0200. The zero-order valence-corrected chi connectivity index (χ0v) is 11.9. The molecule has 5 nitrogen and oxygen atoms in total. The number of sulfonamides is 1. The molecule has 0 radical (unpaired) electrons. The number of nitrogens with two attached hydrogens (primary N) is 1. The van der Waals surface area contributed by atoms with Gasteiger partial charge in [-0.2, -0.15) is 0 Å². The van der Waals surface area contributed by atoms with Gasteiger partial charge in [0.15, 0.2) is 0 Å². The van der Waals surface area contributed by atoms with E-state index in [-0.39, 0.29) is 15.7 Å². The Labute approximate surface area is 122 Å². The van der Waals surface area contributed by atoms with Gasteiger partial charge in [-0.3, -0.25) is 0 Å². The second-order valence-corrected chi connectivity index (χ2v) is 6.18. The minimum atomic E-state index is -3.71. The van der Waals surface area contributed by atoms with Crippen molar-refractivity contribution in [1.82, 2.24) is 0 Å². The van der Waals surface area contributed by atoms with Gasteiger partial charge in [-0.15, -0.1) is 0 Å². The highest BCUT2D eigenvalue weighted by Gasteiger charge is 2.07. The molecule has 0 bridgehead atoms. The third-order valence-corrected chi connectivity index (χ3v) is 3.89. The number of hydrogen-bond acceptors (Lipinski definition) is 4. The summed E-state index contributed by atoms with van der Waals surface area (Å²) in [5.41, 5.74) is 1.48. The molecule has 0 aliphatic rings. The first-order valence-electron chi connectivity index (χ1n) is 5.70. The molecule has 4 N–H and O–H groups in total. The number of anilines is 1. The lowest BCUT2D eigenvalue weighted by molar-refractivity contribution is 0.475. The van der Waals surface area contributed by atoms with Crippen LogP contribution in [0.25, 0.3) is 0 Å². The molecule has 2 aromatic rings. The van der Waals surface area contributed by atoms with Crippen molar-refractivity contribution in [2.75, 3.05) is 5.32 Å². The number of hydrogen-bond donors (Lipinski definition) is 3. The molecule has 2 aromatic carbocycles. The molecule has 0 aliphatic heterocycles. The fraction of sp³-hybridized carbons (Fsp3) is 0.0769. The summed E-state index contributed by atoms with van der Waals surface area (Å²) in [7, 11) is -3.71. The van der Waals surface area contributed by atoms with Crippen LogP contribution in [0.3, 0.4) is 0 Å². The molecule has 0 spiro atoms. The summed E-state index contributed by atoms with van der Waals surface area (Å²) in [5, 5.41) is 17.7. The van der Waals surface area contributed by atoms with Crippen molar-refractivity contribution in [1.29, 1.82) is 0 Å². The smallest absolute Gasteiger partial charge is 0.238 e. The molecule has 2 rings (SSSR count). The largest absolute Gasteiger partial charge is 0.506 e. The Bertz CT molecular complexity index is 732. The van der Waals surface area contributed by atoms with Crippen LogP contribution in [0.5, 0.6) is 5.75 Å². The van der Waals surface area contributed by atoms with E-state index in [1.54, 1.807) is 24.3 Å². The molecule has 0 atom stereocenters. The molecule has 0 aromatic heterocycles. The topological polar surface area (TPSA) is 92.4 Å². The fourth-order valence-corrected chi connectivity index (χ4v) is 2.41. The molecule has 0 heterocycles. The van der Waals surface area contributed by atoms with Crippen LogP contribution in [0.2, 0.25) is 5.02 Å². The molecule has 106 valence electrons. The number of nitrogens with one attached hydrogen (secondary N) is 1. The van der Waals surface area contributed by atoms with Crippen molar-refractivity contribution in [2.45, 2.75) is 11.4 Å². The molecule has 20 heavy (non-hydrogen) atoms. The highest BCUT2D eigenvalue weighted by Crippen LogP contribution is 2.24. The van der Waals surface area contributed by atoms with Gasteiger partial charge in [-0.1, -0.05) is 23.7 Å². The monoisotopic (exact) mass is 312 g/mol. The van der Waals surface area contributed by atoms with Crippen LogP contribution in [0.4, 0.5) is 5.69 Å². The van der Waals surface area contributed by atoms with E-state index in [4.69, 9.17) is 16.7 Å². The van der Waals surface area contributed by atoms with Crippen LogP contribution in [-0.4, -0.2) is 13.5 Å². The number of primary sulfonamides is 1. The first kappa shape index (κ1) is 14.6. The predicted molar refractivity (Wildman–Crippen MR) is 78.3 cm³/mol. The van der Waals surface area contributed by atoms with Crippen molar-refractivity contribution in [2.24, 2.45) is 5.14 Å². The van der Waals surface area contributed by atoms with E-state index < -0.39 is 10.0 Å². The van der Waals surface area contributed by atoms with Crippen molar-refractivity contribution < 1.29 is 13.5 Å². The summed E-state index contributed by atoms with van der Waals surface area (Å²) in [6.45, 7) is 0.439.